The van der Waals surface area contributed by atoms with Gasteiger partial charge in [-0.2, -0.15) is 26.3 Å². The third-order valence-electron chi connectivity index (χ3n) is 8.85. The molecule has 0 radical (unpaired) electrons. The zero-order valence-electron chi connectivity index (χ0n) is 29.7. The molecule has 10 heteroatoms. The highest BCUT2D eigenvalue weighted by molar-refractivity contribution is 5.89. The molecule has 0 heterocycles. The summed E-state index contributed by atoms with van der Waals surface area (Å²) in [6.07, 6.45) is 4.80. The second-order valence-corrected chi connectivity index (χ2v) is 13.0. The molecule has 280 valence electrons. The first kappa shape index (κ1) is 43.2. The first-order valence-electron chi connectivity index (χ1n) is 18.1. The number of unbranched alkanes of at least 4 members (excludes halogenated alkanes) is 16. The van der Waals surface area contributed by atoms with Crippen molar-refractivity contribution in [2.24, 2.45) is 0 Å². The SMILES string of the molecule is CCCCCCCCCCC#Cc1cc(C(=O)O)cc(C(c2cc(C#CCCCCCCCCCC)cc(C(=O)O)c2)(C(F)(F)F)C(F)(F)F)c1. The first-order chi connectivity index (χ1) is 24.2. The van der Waals surface area contributed by atoms with Crippen LogP contribution in [-0.4, -0.2) is 34.5 Å². The van der Waals surface area contributed by atoms with Gasteiger partial charge in [0.2, 0.25) is 5.41 Å². The first-order valence-corrected chi connectivity index (χ1v) is 18.1. The van der Waals surface area contributed by atoms with Crippen LogP contribution >= 0.6 is 0 Å². The van der Waals surface area contributed by atoms with E-state index in [2.05, 4.69) is 37.5 Å². The fraction of sp³-hybridized carbons (Fsp3) is 0.561. The van der Waals surface area contributed by atoms with Crippen LogP contribution in [0.1, 0.15) is 172 Å². The van der Waals surface area contributed by atoms with Crippen molar-refractivity contribution in [1.82, 2.24) is 0 Å². The number of hydrogen-bond donors (Lipinski definition) is 2. The Morgan fingerprint density at radius 1 is 0.510 bits per heavy atom. The van der Waals surface area contributed by atoms with Gasteiger partial charge in [0.05, 0.1) is 11.1 Å². The van der Waals surface area contributed by atoms with Gasteiger partial charge in [0.1, 0.15) is 0 Å². The molecule has 4 nitrogen and oxygen atoms in total. The monoisotopic (exact) mass is 720 g/mol. The van der Waals surface area contributed by atoms with Gasteiger partial charge >= 0.3 is 24.3 Å². The zero-order chi connectivity index (χ0) is 37.9. The molecule has 0 unspecified atom stereocenters. The summed E-state index contributed by atoms with van der Waals surface area (Å²) in [6, 6.07) is 3.70. The minimum absolute atomic E-state index is 0.326. The van der Waals surface area contributed by atoms with Crippen LogP contribution in [0.15, 0.2) is 36.4 Å². The predicted molar refractivity (Wildman–Crippen MR) is 188 cm³/mol. The molecule has 0 aliphatic heterocycles. The van der Waals surface area contributed by atoms with E-state index in [9.17, 15) is 19.8 Å². The number of benzene rings is 2. The van der Waals surface area contributed by atoms with Crippen LogP contribution in [-0.2, 0) is 5.41 Å². The summed E-state index contributed by atoms with van der Waals surface area (Å²) in [5, 5.41) is 19.4. The lowest BCUT2D eigenvalue weighted by Crippen LogP contribution is -2.55. The van der Waals surface area contributed by atoms with Gasteiger partial charge in [0.15, 0.2) is 0 Å². The lowest BCUT2D eigenvalue weighted by Gasteiger charge is -2.38. The summed E-state index contributed by atoms with van der Waals surface area (Å²) in [6.45, 7) is 4.25. The highest BCUT2D eigenvalue weighted by atomic mass is 19.4. The number of carboxylic acid groups (broad SMARTS) is 2. The molecule has 0 spiro atoms. The number of alkyl halides is 6. The van der Waals surface area contributed by atoms with Gasteiger partial charge in [-0.3, -0.25) is 0 Å². The molecule has 0 amide bonds. The maximum absolute atomic E-state index is 15.1. The second-order valence-electron chi connectivity index (χ2n) is 13.0. The summed E-state index contributed by atoms with van der Waals surface area (Å²) in [5.41, 5.74) is -9.95. The van der Waals surface area contributed by atoms with Crippen molar-refractivity contribution in [2.75, 3.05) is 0 Å². The molecule has 0 saturated carbocycles. The molecule has 51 heavy (non-hydrogen) atoms. The molecular formula is C41H50F6O4. The maximum atomic E-state index is 15.1. The number of halogens is 6. The van der Waals surface area contributed by atoms with E-state index in [1.54, 1.807) is 0 Å². The molecule has 2 N–H and O–H groups in total. The number of rotatable bonds is 20. The average Bonchev–Trinajstić information content (AvgIpc) is 3.05. The zero-order valence-corrected chi connectivity index (χ0v) is 29.7. The molecule has 0 aliphatic carbocycles. The van der Waals surface area contributed by atoms with E-state index in [4.69, 9.17) is 0 Å². The highest BCUT2D eigenvalue weighted by Crippen LogP contribution is 2.56. The Balaban J connectivity index is 2.52. The van der Waals surface area contributed by atoms with E-state index in [0.717, 1.165) is 89.2 Å². The Labute approximate surface area is 298 Å². The van der Waals surface area contributed by atoms with Gasteiger partial charge in [0, 0.05) is 24.0 Å². The van der Waals surface area contributed by atoms with Crippen molar-refractivity contribution in [3.8, 4) is 23.7 Å². The Morgan fingerprint density at radius 3 is 1.12 bits per heavy atom. The minimum atomic E-state index is -6.08. The van der Waals surface area contributed by atoms with Crippen molar-refractivity contribution < 1.29 is 46.1 Å². The Hall–Kier alpha value is -3.92. The number of carbonyl (C=O) groups is 2. The molecule has 2 aromatic carbocycles. The fourth-order valence-corrected chi connectivity index (χ4v) is 6.09. The summed E-state index contributed by atoms with van der Waals surface area (Å²) in [4.78, 5) is 23.9. The lowest BCUT2D eigenvalue weighted by molar-refractivity contribution is -0.288. The minimum Gasteiger partial charge on any atom is -0.478 e. The summed E-state index contributed by atoms with van der Waals surface area (Å²) < 4.78 is 90.8. The van der Waals surface area contributed by atoms with Crippen LogP contribution in [0.5, 0.6) is 0 Å². The molecule has 0 saturated heterocycles. The third-order valence-corrected chi connectivity index (χ3v) is 8.85. The Kier molecular flexibility index (Phi) is 18.2. The van der Waals surface area contributed by atoms with Crippen molar-refractivity contribution in [3.05, 3.63) is 69.8 Å². The van der Waals surface area contributed by atoms with Gasteiger partial charge in [0.25, 0.3) is 0 Å². The van der Waals surface area contributed by atoms with E-state index in [0.29, 0.717) is 49.9 Å². The Bertz CT molecular complexity index is 1420. The van der Waals surface area contributed by atoms with Gasteiger partial charge in [-0.15, -0.1) is 0 Å². The number of aromatic carboxylic acids is 2. The lowest BCUT2D eigenvalue weighted by atomic mass is 9.71. The number of hydrogen-bond acceptors (Lipinski definition) is 2. The quantitative estimate of drug-likeness (QED) is 0.0811. The van der Waals surface area contributed by atoms with E-state index in [1.165, 1.54) is 12.8 Å². The molecule has 0 fully saturated rings. The maximum Gasteiger partial charge on any atom is 0.411 e. The average molecular weight is 721 g/mol. The van der Waals surface area contributed by atoms with Gasteiger partial charge in [-0.25, -0.2) is 9.59 Å². The molecule has 0 bridgehead atoms. The van der Waals surface area contributed by atoms with E-state index in [1.807, 2.05) is 0 Å². The van der Waals surface area contributed by atoms with E-state index in [-0.39, 0.29) is 11.1 Å². The molecule has 0 atom stereocenters. The van der Waals surface area contributed by atoms with Crippen LogP contribution in [0.3, 0.4) is 0 Å². The van der Waals surface area contributed by atoms with E-state index < -0.39 is 52.0 Å². The van der Waals surface area contributed by atoms with Crippen molar-refractivity contribution in [1.29, 1.82) is 0 Å². The van der Waals surface area contributed by atoms with E-state index >= 15 is 26.3 Å². The van der Waals surface area contributed by atoms with Crippen LogP contribution in [0, 0.1) is 23.7 Å². The van der Waals surface area contributed by atoms with Gasteiger partial charge < -0.3 is 10.2 Å². The predicted octanol–water partition coefficient (Wildman–Crippen LogP) is 12.3. The third kappa shape index (κ3) is 13.3. The summed E-state index contributed by atoms with van der Waals surface area (Å²) >= 11 is 0. The van der Waals surface area contributed by atoms with Gasteiger partial charge in [-0.1, -0.05) is 127 Å². The fourth-order valence-electron chi connectivity index (χ4n) is 6.09. The topological polar surface area (TPSA) is 74.6 Å². The molecule has 2 aromatic rings. The summed E-state index contributed by atoms with van der Waals surface area (Å²) in [7, 11) is 0. The highest BCUT2D eigenvalue weighted by Gasteiger charge is 2.72. The standard InChI is InChI=1S/C41H50F6O4/c1-3-5-7-9-11-13-15-17-19-21-23-31-25-33(37(48)49)29-35(27-31)39(40(42,43)44,41(45,46)47)36-28-32(26-34(30-36)38(50)51)24-22-20-18-16-14-12-10-8-6-4-2/h25-30H,3-20H2,1-2H3,(H,48,49)(H,50,51). The molecular weight excluding hydrogens is 670 g/mol. The normalized spacial score (nSPS) is 11.8. The van der Waals surface area contributed by atoms with Crippen molar-refractivity contribution >= 4 is 11.9 Å². The van der Waals surface area contributed by atoms with Gasteiger partial charge in [-0.05, 0) is 60.4 Å². The smallest absolute Gasteiger partial charge is 0.411 e. The van der Waals surface area contributed by atoms with Crippen LogP contribution in [0.4, 0.5) is 26.3 Å². The van der Waals surface area contributed by atoms with Crippen LogP contribution < -0.4 is 0 Å². The summed E-state index contributed by atoms with van der Waals surface area (Å²) in [5.74, 6) is 7.16. The second kappa shape index (κ2) is 21.4. The Morgan fingerprint density at radius 2 is 0.824 bits per heavy atom. The molecule has 2 rings (SSSR count). The van der Waals surface area contributed by atoms with Crippen LogP contribution in [0.25, 0.3) is 0 Å². The van der Waals surface area contributed by atoms with Crippen molar-refractivity contribution in [3.63, 3.8) is 0 Å². The van der Waals surface area contributed by atoms with Crippen LogP contribution in [0.2, 0.25) is 0 Å². The number of carboxylic acids is 2. The largest absolute Gasteiger partial charge is 0.478 e. The van der Waals surface area contributed by atoms with Crippen molar-refractivity contribution in [2.45, 2.75) is 147 Å². The molecule has 0 aromatic heterocycles. The molecule has 0 aliphatic rings.